The van der Waals surface area contributed by atoms with E-state index in [1.165, 1.54) is 7.11 Å². The summed E-state index contributed by atoms with van der Waals surface area (Å²) in [5.41, 5.74) is 1.26. The van der Waals surface area contributed by atoms with Crippen LogP contribution in [-0.4, -0.2) is 67.5 Å². The summed E-state index contributed by atoms with van der Waals surface area (Å²) in [6.07, 6.45) is 2.55. The number of carbonyl (C=O) groups is 3. The zero-order valence-corrected chi connectivity index (χ0v) is 18.5. The van der Waals surface area contributed by atoms with E-state index in [2.05, 4.69) is 0 Å². The molecule has 2 amide bonds. The highest BCUT2D eigenvalue weighted by atomic mass is 16.5. The number of hydrogen-bond donors (Lipinski definition) is 0. The topological polar surface area (TPSA) is 76.2 Å². The summed E-state index contributed by atoms with van der Waals surface area (Å²) >= 11 is 0. The van der Waals surface area contributed by atoms with Gasteiger partial charge in [0.15, 0.2) is 0 Å². The number of rotatable bonds is 4. The van der Waals surface area contributed by atoms with Crippen LogP contribution in [0.3, 0.4) is 0 Å². The summed E-state index contributed by atoms with van der Waals surface area (Å²) in [6, 6.07) is 14.0. The summed E-state index contributed by atoms with van der Waals surface area (Å²) < 4.78 is 10.1. The smallest absolute Gasteiger partial charge is 0.338 e. The van der Waals surface area contributed by atoms with E-state index < -0.39 is 5.97 Å². The van der Waals surface area contributed by atoms with E-state index in [9.17, 15) is 14.4 Å². The molecule has 0 bridgehead atoms. The highest BCUT2D eigenvalue weighted by Crippen LogP contribution is 2.33. The summed E-state index contributed by atoms with van der Waals surface area (Å²) in [6.45, 7) is 1.85. The van der Waals surface area contributed by atoms with Gasteiger partial charge in [0.2, 0.25) is 0 Å². The minimum Gasteiger partial charge on any atom is -0.497 e. The van der Waals surface area contributed by atoms with E-state index in [0.29, 0.717) is 42.9 Å². The van der Waals surface area contributed by atoms with Crippen LogP contribution in [0, 0.1) is 5.92 Å². The van der Waals surface area contributed by atoms with Crippen molar-refractivity contribution in [1.29, 1.82) is 0 Å². The van der Waals surface area contributed by atoms with E-state index in [1.807, 2.05) is 21.9 Å². The average molecular weight is 437 g/mol. The molecule has 168 valence electrons. The van der Waals surface area contributed by atoms with Crippen molar-refractivity contribution >= 4 is 17.8 Å². The second-order valence-electron chi connectivity index (χ2n) is 8.28. The zero-order valence-electron chi connectivity index (χ0n) is 18.5. The van der Waals surface area contributed by atoms with Gasteiger partial charge in [-0.2, -0.15) is 0 Å². The molecular formula is C25H28N2O5. The Balaban J connectivity index is 1.50. The van der Waals surface area contributed by atoms with Crippen molar-refractivity contribution in [2.45, 2.75) is 25.3 Å². The summed E-state index contributed by atoms with van der Waals surface area (Å²) in [5, 5.41) is 0. The van der Waals surface area contributed by atoms with Crippen LogP contribution in [0.4, 0.5) is 0 Å². The summed E-state index contributed by atoms with van der Waals surface area (Å²) in [4.78, 5) is 42.4. The number of nitrogens with zero attached hydrogens (tertiary/aromatic N) is 2. The number of amides is 2. The van der Waals surface area contributed by atoms with Crippen LogP contribution in [0.5, 0.6) is 5.75 Å². The van der Waals surface area contributed by atoms with Crippen LogP contribution >= 0.6 is 0 Å². The first-order chi connectivity index (χ1) is 15.5. The minimum atomic E-state index is -0.513. The fourth-order valence-electron chi connectivity index (χ4n) is 4.89. The molecule has 2 aliphatic rings. The summed E-state index contributed by atoms with van der Waals surface area (Å²) in [7, 11) is 2.90. The molecular weight excluding hydrogens is 408 g/mol. The fraction of sp³-hybridized carbons (Fsp3) is 0.400. The first-order valence-corrected chi connectivity index (χ1v) is 10.9. The molecule has 2 atom stereocenters. The molecule has 0 aliphatic carbocycles. The Morgan fingerprint density at radius 2 is 1.69 bits per heavy atom. The molecule has 2 aromatic carbocycles. The van der Waals surface area contributed by atoms with Gasteiger partial charge in [0, 0.05) is 31.2 Å². The van der Waals surface area contributed by atoms with E-state index in [-0.39, 0.29) is 29.3 Å². The quantitative estimate of drug-likeness (QED) is 0.688. The standard InChI is InChI=1S/C25H28N2O5/c1-31-19-9-5-7-17(15-19)23(28)26-14-12-22-18(16-26)8-6-13-27(22)24(29)20-10-3-4-11-21(20)25(30)32-2/h3-5,7,9-11,15,18,22H,6,8,12-14,16H2,1-2H3/t18-,22-/m1/s1. The molecule has 0 spiro atoms. The second-order valence-corrected chi connectivity index (χ2v) is 8.28. The monoisotopic (exact) mass is 436 g/mol. The SMILES string of the molecule is COC(=O)c1ccccc1C(=O)N1CCC[C@@H]2CN(C(=O)c3cccc(OC)c3)CC[C@H]21. The Hall–Kier alpha value is -3.35. The van der Waals surface area contributed by atoms with Gasteiger partial charge < -0.3 is 19.3 Å². The number of hydrogen-bond acceptors (Lipinski definition) is 5. The predicted molar refractivity (Wildman–Crippen MR) is 119 cm³/mol. The van der Waals surface area contributed by atoms with E-state index >= 15 is 0 Å². The number of esters is 1. The number of benzene rings is 2. The summed E-state index contributed by atoms with van der Waals surface area (Å²) in [5.74, 6) is 0.196. The maximum atomic E-state index is 13.4. The second kappa shape index (κ2) is 9.42. The molecule has 2 fully saturated rings. The third-order valence-electron chi connectivity index (χ3n) is 6.50. The Bertz CT molecular complexity index is 1020. The van der Waals surface area contributed by atoms with Crippen LogP contribution < -0.4 is 4.74 Å². The number of piperidine rings is 2. The molecule has 2 aromatic rings. The number of methoxy groups -OCH3 is 2. The fourth-order valence-corrected chi connectivity index (χ4v) is 4.89. The third kappa shape index (κ3) is 4.20. The van der Waals surface area contributed by atoms with E-state index in [0.717, 1.165) is 12.8 Å². The van der Waals surface area contributed by atoms with Crippen LogP contribution in [0.2, 0.25) is 0 Å². The van der Waals surface area contributed by atoms with Gasteiger partial charge in [0.25, 0.3) is 11.8 Å². The average Bonchev–Trinajstić information content (AvgIpc) is 2.86. The Kier molecular flexibility index (Phi) is 6.44. The Morgan fingerprint density at radius 3 is 2.44 bits per heavy atom. The first kappa shape index (κ1) is 21.9. The maximum Gasteiger partial charge on any atom is 0.338 e. The van der Waals surface area contributed by atoms with Crippen LogP contribution in [0.1, 0.15) is 50.3 Å². The van der Waals surface area contributed by atoms with Crippen molar-refractivity contribution in [2.75, 3.05) is 33.9 Å². The zero-order chi connectivity index (χ0) is 22.7. The largest absolute Gasteiger partial charge is 0.497 e. The highest BCUT2D eigenvalue weighted by Gasteiger charge is 2.40. The highest BCUT2D eigenvalue weighted by molar-refractivity contribution is 6.05. The number of fused-ring (bicyclic) bond motifs is 1. The van der Waals surface area contributed by atoms with Gasteiger partial charge in [-0.3, -0.25) is 9.59 Å². The van der Waals surface area contributed by atoms with Crippen molar-refractivity contribution in [2.24, 2.45) is 5.92 Å². The molecule has 0 radical (unpaired) electrons. The van der Waals surface area contributed by atoms with Crippen LogP contribution in [-0.2, 0) is 4.74 Å². The molecule has 0 N–H and O–H groups in total. The molecule has 32 heavy (non-hydrogen) atoms. The number of ether oxygens (including phenoxy) is 2. The van der Waals surface area contributed by atoms with Gasteiger partial charge in [-0.05, 0) is 55.5 Å². The van der Waals surface area contributed by atoms with Crippen molar-refractivity contribution in [3.8, 4) is 5.75 Å². The van der Waals surface area contributed by atoms with Gasteiger partial charge in [-0.25, -0.2) is 4.79 Å². The van der Waals surface area contributed by atoms with Crippen molar-refractivity contribution < 1.29 is 23.9 Å². The molecule has 2 aliphatic heterocycles. The van der Waals surface area contributed by atoms with Gasteiger partial charge in [0.1, 0.15) is 5.75 Å². The number of carbonyl (C=O) groups excluding carboxylic acids is 3. The Labute approximate surface area is 187 Å². The lowest BCUT2D eigenvalue weighted by Crippen LogP contribution is -2.56. The van der Waals surface area contributed by atoms with Crippen molar-refractivity contribution in [3.63, 3.8) is 0 Å². The van der Waals surface area contributed by atoms with Gasteiger partial charge in [-0.1, -0.05) is 18.2 Å². The molecule has 0 saturated carbocycles. The van der Waals surface area contributed by atoms with Crippen molar-refractivity contribution in [3.05, 3.63) is 65.2 Å². The molecule has 7 nitrogen and oxygen atoms in total. The maximum absolute atomic E-state index is 13.4. The van der Waals surface area contributed by atoms with Crippen LogP contribution in [0.15, 0.2) is 48.5 Å². The van der Waals surface area contributed by atoms with Gasteiger partial charge in [-0.15, -0.1) is 0 Å². The third-order valence-corrected chi connectivity index (χ3v) is 6.50. The van der Waals surface area contributed by atoms with E-state index in [1.54, 1.807) is 43.5 Å². The molecule has 2 heterocycles. The Morgan fingerprint density at radius 1 is 0.906 bits per heavy atom. The predicted octanol–water partition coefficient (Wildman–Crippen LogP) is 3.25. The minimum absolute atomic E-state index is 0.0122. The lowest BCUT2D eigenvalue weighted by Gasteiger charge is -2.47. The molecule has 7 heteroatoms. The molecule has 0 unspecified atom stereocenters. The van der Waals surface area contributed by atoms with E-state index in [4.69, 9.17) is 9.47 Å². The van der Waals surface area contributed by atoms with Gasteiger partial charge in [0.05, 0.1) is 25.3 Å². The molecule has 4 rings (SSSR count). The normalized spacial score (nSPS) is 20.3. The number of likely N-dealkylation sites (tertiary alicyclic amines) is 2. The van der Waals surface area contributed by atoms with Gasteiger partial charge >= 0.3 is 5.97 Å². The molecule has 0 aromatic heterocycles. The van der Waals surface area contributed by atoms with Crippen molar-refractivity contribution in [1.82, 2.24) is 9.80 Å². The molecule has 2 saturated heterocycles. The first-order valence-electron chi connectivity index (χ1n) is 10.9. The van der Waals surface area contributed by atoms with Crippen LogP contribution in [0.25, 0.3) is 0 Å². The lowest BCUT2D eigenvalue weighted by atomic mass is 9.83. The lowest BCUT2D eigenvalue weighted by molar-refractivity contribution is 0.0194.